The van der Waals surface area contributed by atoms with Gasteiger partial charge < -0.3 is 9.47 Å². The van der Waals surface area contributed by atoms with Gasteiger partial charge in [0.25, 0.3) is 0 Å². The van der Waals surface area contributed by atoms with Crippen LogP contribution in [0.3, 0.4) is 0 Å². The Morgan fingerprint density at radius 1 is 1.41 bits per heavy atom. The van der Waals surface area contributed by atoms with E-state index in [9.17, 15) is 18.0 Å². The van der Waals surface area contributed by atoms with Gasteiger partial charge in [-0.2, -0.15) is 0 Å². The minimum absolute atomic E-state index is 0.164. The zero-order chi connectivity index (χ0) is 13.1. The van der Waals surface area contributed by atoms with E-state index in [0.717, 1.165) is 6.07 Å². The van der Waals surface area contributed by atoms with Crippen LogP contribution in [0, 0.1) is 3.57 Å². The molecule has 3 nitrogen and oxygen atoms in total. The number of carbonyl (C=O) groups is 1. The number of halogens is 4. The molecule has 0 unspecified atom stereocenters. The summed E-state index contributed by atoms with van der Waals surface area (Å²) in [5.74, 6) is -1.00. The molecule has 0 heterocycles. The van der Waals surface area contributed by atoms with Crippen LogP contribution in [0.2, 0.25) is 0 Å². The maximum atomic E-state index is 12.1. The fraction of sp³-hybridized carbons (Fsp3) is 0.300. The Morgan fingerprint density at radius 3 is 2.59 bits per heavy atom. The molecule has 1 rings (SSSR count). The molecule has 7 heteroatoms. The minimum Gasteiger partial charge on any atom is -0.469 e. The molecule has 0 aliphatic rings. The zero-order valence-electron chi connectivity index (χ0n) is 8.68. The molecule has 0 aromatic heterocycles. The van der Waals surface area contributed by atoms with Crippen LogP contribution in [-0.4, -0.2) is 19.4 Å². The monoisotopic (exact) mass is 360 g/mol. The predicted octanol–water partition coefficient (Wildman–Crippen LogP) is 2.91. The summed E-state index contributed by atoms with van der Waals surface area (Å²) in [7, 11) is 1.17. The fourth-order valence-electron chi connectivity index (χ4n) is 1.15. The first-order valence-corrected chi connectivity index (χ1v) is 5.51. The number of hydrogen-bond acceptors (Lipinski definition) is 3. The predicted molar refractivity (Wildman–Crippen MR) is 61.6 cm³/mol. The van der Waals surface area contributed by atoms with Crippen molar-refractivity contribution in [1.29, 1.82) is 0 Å². The summed E-state index contributed by atoms with van der Waals surface area (Å²) in [5.41, 5.74) is 0.164. The third kappa shape index (κ3) is 4.41. The second kappa shape index (κ2) is 5.56. The number of carbonyl (C=O) groups excluding carboxylic acids is 1. The van der Waals surface area contributed by atoms with Gasteiger partial charge in [-0.1, -0.05) is 6.07 Å². The van der Waals surface area contributed by atoms with Crippen LogP contribution in [0.25, 0.3) is 0 Å². The standard InChI is InChI=1S/C10H8F3IO3/c1-16-9(15)5-6-7(14)3-2-4-8(6)17-10(11,12)13/h2-4H,5H2,1H3. The van der Waals surface area contributed by atoms with Crippen LogP contribution in [0.1, 0.15) is 5.56 Å². The lowest BCUT2D eigenvalue weighted by Crippen LogP contribution is -2.19. The van der Waals surface area contributed by atoms with E-state index in [-0.39, 0.29) is 17.7 Å². The van der Waals surface area contributed by atoms with E-state index in [1.165, 1.54) is 13.2 Å². The van der Waals surface area contributed by atoms with Crippen molar-refractivity contribution in [2.75, 3.05) is 7.11 Å². The molecular formula is C10H8F3IO3. The first-order chi connectivity index (χ1) is 7.83. The highest BCUT2D eigenvalue weighted by atomic mass is 127. The highest BCUT2D eigenvalue weighted by Crippen LogP contribution is 2.29. The molecule has 0 saturated heterocycles. The summed E-state index contributed by atoms with van der Waals surface area (Å²) >= 11 is 1.83. The number of rotatable bonds is 3. The van der Waals surface area contributed by atoms with Gasteiger partial charge >= 0.3 is 12.3 Å². The van der Waals surface area contributed by atoms with Gasteiger partial charge in [-0.05, 0) is 34.7 Å². The molecule has 0 fully saturated rings. The van der Waals surface area contributed by atoms with E-state index in [2.05, 4.69) is 9.47 Å². The van der Waals surface area contributed by atoms with Gasteiger partial charge in [-0.15, -0.1) is 13.2 Å². The lowest BCUT2D eigenvalue weighted by atomic mass is 10.1. The van der Waals surface area contributed by atoms with Crippen molar-refractivity contribution in [3.63, 3.8) is 0 Å². The van der Waals surface area contributed by atoms with E-state index >= 15 is 0 Å². The molecule has 0 aliphatic carbocycles. The molecule has 0 bridgehead atoms. The van der Waals surface area contributed by atoms with Gasteiger partial charge in [0, 0.05) is 9.13 Å². The van der Waals surface area contributed by atoms with Gasteiger partial charge in [0.05, 0.1) is 13.5 Å². The van der Waals surface area contributed by atoms with Crippen LogP contribution in [-0.2, 0) is 16.0 Å². The average molecular weight is 360 g/mol. The second-order valence-corrected chi connectivity index (χ2v) is 4.18. The number of hydrogen-bond donors (Lipinski definition) is 0. The highest BCUT2D eigenvalue weighted by molar-refractivity contribution is 14.1. The molecule has 0 saturated carbocycles. The Labute approximate surface area is 109 Å². The van der Waals surface area contributed by atoms with Gasteiger partial charge in [-0.3, -0.25) is 4.79 Å². The molecule has 1 aromatic rings. The summed E-state index contributed by atoms with van der Waals surface area (Å²) in [4.78, 5) is 11.1. The zero-order valence-corrected chi connectivity index (χ0v) is 10.8. The largest absolute Gasteiger partial charge is 0.573 e. The highest BCUT2D eigenvalue weighted by Gasteiger charge is 2.32. The minimum atomic E-state index is -4.78. The molecule has 0 N–H and O–H groups in total. The van der Waals surface area contributed by atoms with Gasteiger partial charge in [-0.25, -0.2) is 0 Å². The van der Waals surface area contributed by atoms with Crippen molar-refractivity contribution in [3.05, 3.63) is 27.3 Å². The third-order valence-electron chi connectivity index (χ3n) is 1.85. The summed E-state index contributed by atoms with van der Waals surface area (Å²) < 4.78 is 45.2. The molecule has 94 valence electrons. The molecule has 0 spiro atoms. The molecule has 0 aliphatic heterocycles. The van der Waals surface area contributed by atoms with E-state index < -0.39 is 12.3 Å². The molecule has 1 aromatic carbocycles. The van der Waals surface area contributed by atoms with Gasteiger partial charge in [0.15, 0.2) is 0 Å². The van der Waals surface area contributed by atoms with E-state index in [4.69, 9.17) is 0 Å². The molecule has 17 heavy (non-hydrogen) atoms. The Morgan fingerprint density at radius 2 is 2.06 bits per heavy atom. The van der Waals surface area contributed by atoms with Gasteiger partial charge in [0.1, 0.15) is 5.75 Å². The molecule has 0 amide bonds. The van der Waals surface area contributed by atoms with Crippen LogP contribution < -0.4 is 4.74 Å². The van der Waals surface area contributed by atoms with Crippen LogP contribution in [0.15, 0.2) is 18.2 Å². The van der Waals surface area contributed by atoms with Crippen molar-refractivity contribution < 1.29 is 27.4 Å². The quantitative estimate of drug-likeness (QED) is 0.614. The smallest absolute Gasteiger partial charge is 0.469 e. The SMILES string of the molecule is COC(=O)Cc1c(I)cccc1OC(F)(F)F. The van der Waals surface area contributed by atoms with Crippen LogP contribution in [0.4, 0.5) is 13.2 Å². The summed E-state index contributed by atoms with van der Waals surface area (Å²) in [6.07, 6.45) is -5.05. The van der Waals surface area contributed by atoms with Crippen molar-refractivity contribution in [2.45, 2.75) is 12.8 Å². The maximum absolute atomic E-state index is 12.1. The topological polar surface area (TPSA) is 35.5 Å². The summed E-state index contributed by atoms with van der Waals surface area (Å²) in [5, 5.41) is 0. The Balaban J connectivity index is 3.04. The lowest BCUT2D eigenvalue weighted by molar-refractivity contribution is -0.275. The Bertz CT molecular complexity index is 418. The lowest BCUT2D eigenvalue weighted by Gasteiger charge is -2.13. The van der Waals surface area contributed by atoms with E-state index in [1.807, 2.05) is 22.6 Å². The van der Waals surface area contributed by atoms with Crippen molar-refractivity contribution in [2.24, 2.45) is 0 Å². The first-order valence-electron chi connectivity index (χ1n) is 4.43. The summed E-state index contributed by atoms with van der Waals surface area (Å²) in [6.45, 7) is 0. The number of benzene rings is 1. The molecule has 0 atom stereocenters. The average Bonchev–Trinajstić information content (AvgIpc) is 2.20. The Hall–Kier alpha value is -0.990. The summed E-state index contributed by atoms with van der Waals surface area (Å²) in [6, 6.07) is 4.17. The second-order valence-electron chi connectivity index (χ2n) is 3.02. The molecule has 0 radical (unpaired) electrons. The maximum Gasteiger partial charge on any atom is 0.573 e. The van der Waals surface area contributed by atoms with Gasteiger partial charge in [0.2, 0.25) is 0 Å². The van der Waals surface area contributed by atoms with Crippen molar-refractivity contribution >= 4 is 28.6 Å². The van der Waals surface area contributed by atoms with Crippen molar-refractivity contribution in [3.8, 4) is 5.75 Å². The number of esters is 1. The normalized spacial score (nSPS) is 11.1. The number of methoxy groups -OCH3 is 1. The first kappa shape index (κ1) is 14.1. The van der Waals surface area contributed by atoms with Crippen LogP contribution in [0.5, 0.6) is 5.75 Å². The van der Waals surface area contributed by atoms with E-state index in [1.54, 1.807) is 6.07 Å². The third-order valence-corrected chi connectivity index (χ3v) is 2.86. The van der Waals surface area contributed by atoms with E-state index in [0.29, 0.717) is 3.57 Å². The van der Waals surface area contributed by atoms with Crippen LogP contribution >= 0.6 is 22.6 Å². The molecular weight excluding hydrogens is 352 g/mol. The number of ether oxygens (including phenoxy) is 2. The number of alkyl halides is 3. The van der Waals surface area contributed by atoms with Crippen molar-refractivity contribution in [1.82, 2.24) is 0 Å². The fourth-order valence-corrected chi connectivity index (χ4v) is 1.81. The Kier molecular flexibility index (Phi) is 4.61.